The van der Waals surface area contributed by atoms with E-state index in [1.807, 2.05) is 42.5 Å². The van der Waals surface area contributed by atoms with Gasteiger partial charge in [-0.2, -0.15) is 0 Å². The van der Waals surface area contributed by atoms with E-state index in [1.54, 1.807) is 42.2 Å². The molecule has 0 aliphatic rings. The highest BCUT2D eigenvalue weighted by atomic mass is 32.2. The zero-order valence-corrected chi connectivity index (χ0v) is 14.3. The Labute approximate surface area is 151 Å². The van der Waals surface area contributed by atoms with Crippen LogP contribution in [0, 0.1) is 0 Å². The molecular formula is C21H17NO2S. The first-order chi connectivity index (χ1) is 12.2. The molecule has 3 aromatic rings. The van der Waals surface area contributed by atoms with E-state index in [2.05, 4.69) is 17.1 Å². The molecule has 0 heterocycles. The summed E-state index contributed by atoms with van der Waals surface area (Å²) in [5.41, 5.74) is 2.87. The minimum absolute atomic E-state index is 0.252. The Bertz CT molecular complexity index is 874. The summed E-state index contributed by atoms with van der Waals surface area (Å²) in [5.74, 6) is -0.0501. The molecule has 124 valence electrons. The van der Waals surface area contributed by atoms with Gasteiger partial charge in [0.2, 0.25) is 0 Å². The van der Waals surface area contributed by atoms with E-state index in [0.29, 0.717) is 5.56 Å². The van der Waals surface area contributed by atoms with E-state index in [4.69, 9.17) is 0 Å². The number of hydrogen-bond donors (Lipinski definition) is 1. The number of carbonyl (C=O) groups is 1. The topological polar surface area (TPSA) is 49.7 Å². The van der Waals surface area contributed by atoms with Gasteiger partial charge in [-0.1, -0.05) is 48.5 Å². The van der Waals surface area contributed by atoms with E-state index < -0.39 is 5.97 Å². The van der Waals surface area contributed by atoms with Gasteiger partial charge >= 0.3 is 5.97 Å². The Hall–Kier alpha value is -2.85. The number of thioether (sulfide) groups is 1. The van der Waals surface area contributed by atoms with Gasteiger partial charge in [0.25, 0.3) is 0 Å². The Morgan fingerprint density at radius 1 is 0.920 bits per heavy atom. The van der Waals surface area contributed by atoms with Gasteiger partial charge in [-0.05, 0) is 35.9 Å². The Balaban J connectivity index is 1.66. The number of aliphatic imine (C=N–C) groups is 1. The van der Waals surface area contributed by atoms with Crippen LogP contribution < -0.4 is 0 Å². The molecule has 3 rings (SSSR count). The van der Waals surface area contributed by atoms with Crippen LogP contribution in [0.5, 0.6) is 0 Å². The molecule has 0 fully saturated rings. The molecule has 4 heteroatoms. The molecule has 0 atom stereocenters. The molecule has 0 bridgehead atoms. The van der Waals surface area contributed by atoms with Crippen molar-refractivity contribution >= 4 is 29.6 Å². The third-order valence-corrected chi connectivity index (χ3v) is 4.71. The molecule has 0 saturated carbocycles. The molecule has 1 N–H and O–H groups in total. The second kappa shape index (κ2) is 8.31. The molecule has 25 heavy (non-hydrogen) atoms. The summed E-state index contributed by atoms with van der Waals surface area (Å²) < 4.78 is 0. The van der Waals surface area contributed by atoms with Crippen LogP contribution in [0.1, 0.15) is 21.5 Å². The van der Waals surface area contributed by atoms with Crippen molar-refractivity contribution < 1.29 is 9.90 Å². The molecule has 0 saturated heterocycles. The van der Waals surface area contributed by atoms with Crippen LogP contribution in [0.2, 0.25) is 0 Å². The van der Waals surface area contributed by atoms with Crippen molar-refractivity contribution in [3.63, 3.8) is 0 Å². The number of carboxylic acid groups (broad SMARTS) is 1. The predicted octanol–water partition coefficient (Wildman–Crippen LogP) is 5.43. The summed E-state index contributed by atoms with van der Waals surface area (Å²) >= 11 is 1.79. The first-order valence-electron chi connectivity index (χ1n) is 7.85. The second-order valence-electron chi connectivity index (χ2n) is 5.42. The van der Waals surface area contributed by atoms with Gasteiger partial charge in [0, 0.05) is 22.4 Å². The average molecular weight is 347 g/mol. The predicted molar refractivity (Wildman–Crippen MR) is 103 cm³/mol. The van der Waals surface area contributed by atoms with Gasteiger partial charge in [0.05, 0.1) is 11.3 Å². The molecule has 0 aliphatic heterocycles. The molecule has 0 unspecified atom stereocenters. The van der Waals surface area contributed by atoms with Crippen LogP contribution in [-0.2, 0) is 5.75 Å². The van der Waals surface area contributed by atoms with E-state index in [0.717, 1.165) is 11.4 Å². The summed E-state index contributed by atoms with van der Waals surface area (Å²) in [6, 6.07) is 25.1. The number of rotatable bonds is 6. The van der Waals surface area contributed by atoms with E-state index >= 15 is 0 Å². The summed E-state index contributed by atoms with van der Waals surface area (Å²) in [7, 11) is 0. The molecule has 0 aliphatic carbocycles. The van der Waals surface area contributed by atoms with Gasteiger partial charge in [0.1, 0.15) is 0 Å². The van der Waals surface area contributed by atoms with Crippen molar-refractivity contribution in [1.29, 1.82) is 0 Å². The van der Waals surface area contributed by atoms with E-state index in [9.17, 15) is 9.90 Å². The maximum Gasteiger partial charge on any atom is 0.336 e. The molecule has 0 amide bonds. The Kier molecular flexibility index (Phi) is 5.65. The first kappa shape index (κ1) is 17.0. The summed E-state index contributed by atoms with van der Waals surface area (Å²) in [6.45, 7) is 0. The number of carboxylic acids is 1. The van der Waals surface area contributed by atoms with Crippen molar-refractivity contribution in [1.82, 2.24) is 0 Å². The minimum atomic E-state index is -0.949. The van der Waals surface area contributed by atoms with Gasteiger partial charge < -0.3 is 5.11 Å². The third kappa shape index (κ3) is 4.81. The van der Waals surface area contributed by atoms with Crippen LogP contribution in [-0.4, -0.2) is 17.3 Å². The minimum Gasteiger partial charge on any atom is -0.478 e. The lowest BCUT2D eigenvalue weighted by Crippen LogP contribution is -2.00. The molecule has 0 spiro atoms. The van der Waals surface area contributed by atoms with Crippen molar-refractivity contribution in [2.24, 2.45) is 4.99 Å². The monoisotopic (exact) mass is 347 g/mol. The summed E-state index contributed by atoms with van der Waals surface area (Å²) in [5, 5.41) is 9.19. The van der Waals surface area contributed by atoms with E-state index in [-0.39, 0.29) is 5.56 Å². The van der Waals surface area contributed by atoms with E-state index in [1.165, 1.54) is 10.5 Å². The fourth-order valence-electron chi connectivity index (χ4n) is 2.31. The van der Waals surface area contributed by atoms with Gasteiger partial charge in [-0.25, -0.2) is 4.79 Å². The van der Waals surface area contributed by atoms with Crippen LogP contribution in [0.15, 0.2) is 88.8 Å². The molecule has 0 radical (unpaired) electrons. The standard InChI is InChI=1S/C21H17NO2S/c23-21(24)20-9-5-4-6-17(20)14-22-18-12-10-16(11-13-18)15-25-19-7-2-1-3-8-19/h1-14H,15H2,(H,23,24). The zero-order chi connectivity index (χ0) is 17.5. The maximum atomic E-state index is 11.2. The van der Waals surface area contributed by atoms with Crippen molar-refractivity contribution in [3.05, 3.63) is 95.6 Å². The van der Waals surface area contributed by atoms with Crippen LogP contribution >= 0.6 is 11.8 Å². The van der Waals surface area contributed by atoms with Crippen molar-refractivity contribution in [2.45, 2.75) is 10.6 Å². The van der Waals surface area contributed by atoms with Gasteiger partial charge in [-0.15, -0.1) is 11.8 Å². The Morgan fingerprint density at radius 3 is 2.32 bits per heavy atom. The van der Waals surface area contributed by atoms with Crippen LogP contribution in [0.3, 0.4) is 0 Å². The molecule has 0 aromatic heterocycles. The second-order valence-corrected chi connectivity index (χ2v) is 6.47. The summed E-state index contributed by atoms with van der Waals surface area (Å²) in [6.07, 6.45) is 1.59. The highest BCUT2D eigenvalue weighted by molar-refractivity contribution is 7.98. The molecule has 3 aromatic carbocycles. The molecule has 3 nitrogen and oxygen atoms in total. The normalized spacial score (nSPS) is 10.9. The number of aromatic carboxylic acids is 1. The average Bonchev–Trinajstić information content (AvgIpc) is 2.66. The Morgan fingerprint density at radius 2 is 1.60 bits per heavy atom. The number of hydrogen-bond acceptors (Lipinski definition) is 3. The fraction of sp³-hybridized carbons (Fsp3) is 0.0476. The SMILES string of the molecule is O=C(O)c1ccccc1C=Nc1ccc(CSc2ccccc2)cc1. The highest BCUT2D eigenvalue weighted by Crippen LogP contribution is 2.23. The maximum absolute atomic E-state index is 11.2. The van der Waals surface area contributed by atoms with Crippen LogP contribution in [0.25, 0.3) is 0 Å². The largest absolute Gasteiger partial charge is 0.478 e. The lowest BCUT2D eigenvalue weighted by atomic mass is 10.1. The van der Waals surface area contributed by atoms with Gasteiger partial charge in [-0.3, -0.25) is 4.99 Å². The van der Waals surface area contributed by atoms with Crippen molar-refractivity contribution in [2.75, 3.05) is 0 Å². The lowest BCUT2D eigenvalue weighted by molar-refractivity contribution is 0.0697. The lowest BCUT2D eigenvalue weighted by Gasteiger charge is -2.03. The number of benzene rings is 3. The highest BCUT2D eigenvalue weighted by Gasteiger charge is 2.06. The third-order valence-electron chi connectivity index (χ3n) is 3.63. The first-order valence-corrected chi connectivity index (χ1v) is 8.84. The van der Waals surface area contributed by atoms with Crippen molar-refractivity contribution in [3.8, 4) is 0 Å². The smallest absolute Gasteiger partial charge is 0.336 e. The number of nitrogens with zero attached hydrogens (tertiary/aromatic N) is 1. The quantitative estimate of drug-likeness (QED) is 0.478. The molecular weight excluding hydrogens is 330 g/mol. The fourth-order valence-corrected chi connectivity index (χ4v) is 3.19. The van der Waals surface area contributed by atoms with Gasteiger partial charge in [0.15, 0.2) is 0 Å². The summed E-state index contributed by atoms with van der Waals surface area (Å²) in [4.78, 5) is 16.8. The van der Waals surface area contributed by atoms with Crippen LogP contribution in [0.4, 0.5) is 5.69 Å². The zero-order valence-electron chi connectivity index (χ0n) is 13.5.